The number of alkyl halides is 2. The molecular formula is C24H28Br2. The molecule has 0 aliphatic heterocycles. The van der Waals surface area contributed by atoms with Crippen LogP contribution in [-0.2, 0) is 12.8 Å². The summed E-state index contributed by atoms with van der Waals surface area (Å²) in [4.78, 5) is 0. The van der Waals surface area contributed by atoms with Crippen molar-refractivity contribution in [3.8, 4) is 0 Å². The predicted octanol–water partition coefficient (Wildman–Crippen LogP) is 8.21. The Hall–Kier alpha value is -0.860. The Kier molecular flexibility index (Phi) is 8.01. The molecule has 26 heavy (non-hydrogen) atoms. The first-order chi connectivity index (χ1) is 12.9. The minimum atomic E-state index is 1.11. The second-order valence-electron chi connectivity index (χ2n) is 7.05. The topological polar surface area (TPSA) is 0 Å². The molecule has 0 aliphatic carbocycles. The van der Waals surface area contributed by atoms with Crippen molar-refractivity contribution in [3.05, 3.63) is 59.7 Å². The lowest BCUT2D eigenvalue weighted by molar-refractivity contribution is 0.726. The van der Waals surface area contributed by atoms with E-state index < -0.39 is 0 Å². The quantitative estimate of drug-likeness (QED) is 0.157. The molecule has 3 aromatic rings. The van der Waals surface area contributed by atoms with Gasteiger partial charge < -0.3 is 0 Å². The highest BCUT2D eigenvalue weighted by Gasteiger charge is 2.13. The number of halogens is 2. The third kappa shape index (κ3) is 4.70. The van der Waals surface area contributed by atoms with Crippen molar-refractivity contribution in [2.75, 3.05) is 10.7 Å². The summed E-state index contributed by atoms with van der Waals surface area (Å²) in [6, 6.07) is 18.2. The number of fused-ring (bicyclic) bond motifs is 2. The molecule has 0 aliphatic rings. The van der Waals surface area contributed by atoms with E-state index in [-0.39, 0.29) is 0 Å². The Morgan fingerprint density at radius 3 is 1.12 bits per heavy atom. The van der Waals surface area contributed by atoms with Crippen LogP contribution in [0.4, 0.5) is 0 Å². The molecule has 0 saturated heterocycles. The van der Waals surface area contributed by atoms with Gasteiger partial charge in [-0.3, -0.25) is 0 Å². The molecule has 0 radical (unpaired) electrons. The fraction of sp³-hybridized carbons (Fsp3) is 0.417. The number of rotatable bonds is 10. The molecule has 0 N–H and O–H groups in total. The van der Waals surface area contributed by atoms with Gasteiger partial charge in [-0.25, -0.2) is 0 Å². The molecule has 0 spiro atoms. The normalized spacial score (nSPS) is 11.5. The minimum absolute atomic E-state index is 1.11. The van der Waals surface area contributed by atoms with Gasteiger partial charge >= 0.3 is 0 Å². The van der Waals surface area contributed by atoms with Crippen molar-refractivity contribution in [2.45, 2.75) is 51.4 Å². The van der Waals surface area contributed by atoms with Crippen LogP contribution in [0.25, 0.3) is 21.5 Å². The number of benzene rings is 3. The summed E-state index contributed by atoms with van der Waals surface area (Å²) in [7, 11) is 0. The van der Waals surface area contributed by atoms with Crippen LogP contribution in [-0.4, -0.2) is 10.7 Å². The molecule has 0 bridgehead atoms. The highest BCUT2D eigenvalue weighted by Crippen LogP contribution is 2.35. The molecule has 0 fully saturated rings. The van der Waals surface area contributed by atoms with Gasteiger partial charge in [0.2, 0.25) is 0 Å². The monoisotopic (exact) mass is 474 g/mol. The Balaban J connectivity index is 2.03. The predicted molar refractivity (Wildman–Crippen MR) is 124 cm³/mol. The van der Waals surface area contributed by atoms with Gasteiger partial charge in [0.1, 0.15) is 0 Å². The van der Waals surface area contributed by atoms with Crippen LogP contribution in [0.1, 0.15) is 49.7 Å². The second kappa shape index (κ2) is 10.5. The van der Waals surface area contributed by atoms with Gasteiger partial charge in [-0.15, -0.1) is 0 Å². The van der Waals surface area contributed by atoms with E-state index in [0.717, 1.165) is 10.7 Å². The summed E-state index contributed by atoms with van der Waals surface area (Å²) in [5, 5.41) is 8.12. The number of hydrogen-bond donors (Lipinski definition) is 0. The Bertz CT molecular complexity index is 711. The van der Waals surface area contributed by atoms with Crippen LogP contribution in [0.2, 0.25) is 0 Å². The van der Waals surface area contributed by atoms with Gasteiger partial charge in [0.15, 0.2) is 0 Å². The standard InChI is InChI=1S/C24H28Br2/c25-17-9-1-3-11-19-21-13-5-7-15-23(21)20(12-4-2-10-18-26)24-16-8-6-14-22(19)24/h5-8,13-16H,1-4,9-12,17-18H2. The summed E-state index contributed by atoms with van der Waals surface area (Å²) in [6.45, 7) is 0. The summed E-state index contributed by atoms with van der Waals surface area (Å²) in [5.74, 6) is 0. The van der Waals surface area contributed by atoms with Crippen LogP contribution in [0, 0.1) is 0 Å². The largest absolute Gasteiger partial charge is 0.0928 e. The van der Waals surface area contributed by atoms with E-state index in [9.17, 15) is 0 Å². The zero-order chi connectivity index (χ0) is 18.2. The minimum Gasteiger partial charge on any atom is -0.0928 e. The molecule has 0 atom stereocenters. The van der Waals surface area contributed by atoms with Gasteiger partial charge in [-0.05, 0) is 71.2 Å². The van der Waals surface area contributed by atoms with Crippen LogP contribution < -0.4 is 0 Å². The molecule has 3 rings (SSSR count). The number of hydrogen-bond acceptors (Lipinski definition) is 0. The van der Waals surface area contributed by atoms with Gasteiger partial charge in [-0.2, -0.15) is 0 Å². The van der Waals surface area contributed by atoms with Crippen molar-refractivity contribution in [1.82, 2.24) is 0 Å². The summed E-state index contributed by atoms with van der Waals surface area (Å²) >= 11 is 7.11. The van der Waals surface area contributed by atoms with E-state index >= 15 is 0 Å². The highest BCUT2D eigenvalue weighted by molar-refractivity contribution is 9.09. The van der Waals surface area contributed by atoms with Crippen molar-refractivity contribution >= 4 is 53.4 Å². The maximum absolute atomic E-state index is 3.56. The summed E-state index contributed by atoms with van der Waals surface area (Å²) < 4.78 is 0. The average Bonchev–Trinajstić information content (AvgIpc) is 2.69. The maximum Gasteiger partial charge on any atom is 0.00313 e. The third-order valence-electron chi connectivity index (χ3n) is 5.28. The Morgan fingerprint density at radius 2 is 0.808 bits per heavy atom. The Labute approximate surface area is 174 Å². The van der Waals surface area contributed by atoms with Gasteiger partial charge in [0.25, 0.3) is 0 Å². The number of unbranched alkanes of at least 4 members (excludes halogenated alkanes) is 4. The van der Waals surface area contributed by atoms with Crippen LogP contribution in [0.15, 0.2) is 48.5 Å². The zero-order valence-corrected chi connectivity index (χ0v) is 18.6. The van der Waals surface area contributed by atoms with Crippen LogP contribution in [0.3, 0.4) is 0 Å². The molecule has 0 nitrogen and oxygen atoms in total. The Morgan fingerprint density at radius 1 is 0.462 bits per heavy atom. The fourth-order valence-corrected chi connectivity index (χ4v) is 4.79. The molecule has 0 saturated carbocycles. The van der Waals surface area contributed by atoms with Crippen molar-refractivity contribution in [2.24, 2.45) is 0 Å². The van der Waals surface area contributed by atoms with E-state index in [4.69, 9.17) is 0 Å². The second-order valence-corrected chi connectivity index (χ2v) is 8.63. The van der Waals surface area contributed by atoms with Crippen molar-refractivity contribution in [1.29, 1.82) is 0 Å². The molecular weight excluding hydrogens is 448 g/mol. The van der Waals surface area contributed by atoms with Crippen LogP contribution >= 0.6 is 31.9 Å². The smallest absolute Gasteiger partial charge is 0.00313 e. The van der Waals surface area contributed by atoms with E-state index in [1.165, 1.54) is 72.9 Å². The molecule has 0 aromatic heterocycles. The van der Waals surface area contributed by atoms with E-state index in [2.05, 4.69) is 80.4 Å². The maximum atomic E-state index is 3.56. The molecule has 0 amide bonds. The van der Waals surface area contributed by atoms with E-state index in [1.54, 1.807) is 11.1 Å². The number of aryl methyl sites for hydroxylation is 2. The van der Waals surface area contributed by atoms with Crippen molar-refractivity contribution < 1.29 is 0 Å². The average molecular weight is 476 g/mol. The first kappa shape index (κ1) is 19.9. The SMILES string of the molecule is BrCCCCCc1c2ccccc2c(CCCCCBr)c2ccccc12. The first-order valence-electron chi connectivity index (χ1n) is 9.90. The fourth-order valence-electron chi connectivity index (χ4n) is 3.99. The molecule has 0 heterocycles. The lowest BCUT2D eigenvalue weighted by Crippen LogP contribution is -1.97. The molecule has 2 heteroatoms. The lowest BCUT2D eigenvalue weighted by atomic mass is 9.87. The lowest BCUT2D eigenvalue weighted by Gasteiger charge is -2.17. The summed E-state index contributed by atoms with van der Waals surface area (Å²) in [5.41, 5.74) is 3.10. The van der Waals surface area contributed by atoms with Gasteiger partial charge in [0.05, 0.1) is 0 Å². The van der Waals surface area contributed by atoms with Gasteiger partial charge in [-0.1, -0.05) is 93.2 Å². The molecule has 3 aromatic carbocycles. The van der Waals surface area contributed by atoms with Crippen molar-refractivity contribution in [3.63, 3.8) is 0 Å². The first-order valence-corrected chi connectivity index (χ1v) is 12.1. The van der Waals surface area contributed by atoms with E-state index in [1.807, 2.05) is 0 Å². The van der Waals surface area contributed by atoms with E-state index in [0.29, 0.717) is 0 Å². The van der Waals surface area contributed by atoms with Crippen LogP contribution in [0.5, 0.6) is 0 Å². The highest BCUT2D eigenvalue weighted by atomic mass is 79.9. The third-order valence-corrected chi connectivity index (χ3v) is 6.40. The molecule has 0 unspecified atom stereocenters. The zero-order valence-electron chi connectivity index (χ0n) is 15.4. The summed E-state index contributed by atoms with van der Waals surface area (Å²) in [6.07, 6.45) is 10.0. The van der Waals surface area contributed by atoms with Gasteiger partial charge in [0, 0.05) is 10.7 Å². The molecule has 138 valence electrons.